The van der Waals surface area contributed by atoms with Crippen molar-refractivity contribution in [1.29, 1.82) is 0 Å². The molecular weight excluding hydrogens is 455 g/mol. The van der Waals surface area contributed by atoms with Gasteiger partial charge in [-0.1, -0.05) is 24.3 Å². The summed E-state index contributed by atoms with van der Waals surface area (Å²) in [5.41, 5.74) is 2.05. The van der Waals surface area contributed by atoms with Crippen LogP contribution in [0, 0.1) is 12.7 Å². The summed E-state index contributed by atoms with van der Waals surface area (Å²) in [6, 6.07) is 13.4. The molecule has 5 rings (SSSR count). The molecule has 1 N–H and O–H groups in total. The number of hydrogen-bond acceptors (Lipinski definition) is 6. The first kappa shape index (κ1) is 22.4. The Morgan fingerprint density at radius 2 is 1.76 bits per heavy atom. The van der Waals surface area contributed by atoms with Crippen LogP contribution in [0.1, 0.15) is 18.4 Å². The highest BCUT2D eigenvalue weighted by atomic mass is 32.2. The molecule has 0 amide bonds. The summed E-state index contributed by atoms with van der Waals surface area (Å²) in [6.45, 7) is 2.87. The van der Waals surface area contributed by atoms with Crippen LogP contribution < -0.4 is 9.62 Å². The predicted octanol–water partition coefficient (Wildman–Crippen LogP) is 3.43. The van der Waals surface area contributed by atoms with Crippen LogP contribution in [0.5, 0.6) is 0 Å². The summed E-state index contributed by atoms with van der Waals surface area (Å²) in [7, 11) is -1.86. The Bertz CT molecular complexity index is 1460. The molecule has 0 unspecified atom stereocenters. The van der Waals surface area contributed by atoms with Crippen molar-refractivity contribution < 1.29 is 12.8 Å². The Labute approximate surface area is 197 Å². The van der Waals surface area contributed by atoms with Gasteiger partial charge in [0.05, 0.1) is 10.6 Å². The SMILES string of the molecule is Cc1cc(F)ccc1S(=O)(=O)NC1CCN(c2nnc(-c3ccnn3C)c3ccccc23)CC1. The number of nitrogens with zero attached hydrogens (tertiary/aromatic N) is 5. The second kappa shape index (κ2) is 8.77. The predicted molar refractivity (Wildman–Crippen MR) is 128 cm³/mol. The topological polar surface area (TPSA) is 93.0 Å². The molecule has 1 fully saturated rings. The van der Waals surface area contributed by atoms with Gasteiger partial charge in [-0.05, 0) is 49.6 Å². The second-order valence-electron chi connectivity index (χ2n) is 8.55. The lowest BCUT2D eigenvalue weighted by Crippen LogP contribution is -2.45. The van der Waals surface area contributed by atoms with Gasteiger partial charge >= 0.3 is 0 Å². The molecule has 1 aliphatic rings. The first-order valence-corrected chi connectivity index (χ1v) is 12.6. The van der Waals surface area contributed by atoms with Crippen LogP contribution in [0.4, 0.5) is 10.2 Å². The van der Waals surface area contributed by atoms with Crippen molar-refractivity contribution in [2.75, 3.05) is 18.0 Å². The summed E-state index contributed by atoms with van der Waals surface area (Å²) in [5, 5.41) is 15.3. The van der Waals surface area contributed by atoms with Crippen molar-refractivity contribution in [2.45, 2.75) is 30.7 Å². The van der Waals surface area contributed by atoms with Crippen molar-refractivity contribution in [3.63, 3.8) is 0 Å². The minimum atomic E-state index is -3.73. The Kier molecular flexibility index (Phi) is 5.78. The number of sulfonamides is 1. The molecule has 0 aliphatic carbocycles. The van der Waals surface area contributed by atoms with Crippen LogP contribution in [0.2, 0.25) is 0 Å². The van der Waals surface area contributed by atoms with E-state index in [0.717, 1.165) is 28.0 Å². The maximum atomic E-state index is 13.4. The molecular formula is C24H25FN6O2S. The van der Waals surface area contributed by atoms with E-state index in [4.69, 9.17) is 0 Å². The Balaban J connectivity index is 1.35. The van der Waals surface area contributed by atoms with Crippen LogP contribution in [0.3, 0.4) is 0 Å². The van der Waals surface area contributed by atoms with Crippen molar-refractivity contribution in [3.8, 4) is 11.4 Å². The smallest absolute Gasteiger partial charge is 0.241 e. The number of benzene rings is 2. The molecule has 0 atom stereocenters. The zero-order valence-corrected chi connectivity index (χ0v) is 19.8. The Hall–Kier alpha value is -3.37. The molecule has 2 aromatic heterocycles. The summed E-state index contributed by atoms with van der Waals surface area (Å²) in [4.78, 5) is 2.26. The molecule has 0 bridgehead atoms. The van der Waals surface area contributed by atoms with Crippen LogP contribution in [-0.2, 0) is 17.1 Å². The van der Waals surface area contributed by atoms with Gasteiger partial charge in [-0.2, -0.15) is 5.10 Å². The van der Waals surface area contributed by atoms with Gasteiger partial charge in [0.25, 0.3) is 0 Å². The lowest BCUT2D eigenvalue weighted by Gasteiger charge is -2.33. The zero-order chi connectivity index (χ0) is 23.9. The molecule has 0 radical (unpaired) electrons. The van der Waals surface area contributed by atoms with Crippen molar-refractivity contribution in [1.82, 2.24) is 24.7 Å². The maximum absolute atomic E-state index is 13.4. The minimum absolute atomic E-state index is 0.110. The highest BCUT2D eigenvalue weighted by molar-refractivity contribution is 7.89. The molecule has 3 heterocycles. The van der Waals surface area contributed by atoms with E-state index in [0.29, 0.717) is 31.5 Å². The number of aromatic nitrogens is 4. The molecule has 1 aliphatic heterocycles. The quantitative estimate of drug-likeness (QED) is 0.471. The van der Waals surface area contributed by atoms with E-state index in [9.17, 15) is 12.8 Å². The average Bonchev–Trinajstić information content (AvgIpc) is 3.24. The monoisotopic (exact) mass is 480 g/mol. The van der Waals surface area contributed by atoms with Crippen molar-refractivity contribution in [2.24, 2.45) is 7.05 Å². The van der Waals surface area contributed by atoms with E-state index in [-0.39, 0.29) is 10.9 Å². The first-order valence-electron chi connectivity index (χ1n) is 11.1. The summed E-state index contributed by atoms with van der Waals surface area (Å²) in [5.74, 6) is 0.338. The third kappa shape index (κ3) is 4.14. The van der Waals surface area contributed by atoms with Gasteiger partial charge in [0.1, 0.15) is 11.5 Å². The number of piperidine rings is 1. The fourth-order valence-electron chi connectivity index (χ4n) is 4.53. The largest absolute Gasteiger partial charge is 0.354 e. The van der Waals surface area contributed by atoms with Crippen LogP contribution in [0.15, 0.2) is 59.6 Å². The second-order valence-corrected chi connectivity index (χ2v) is 10.2. The van der Waals surface area contributed by atoms with E-state index < -0.39 is 15.8 Å². The van der Waals surface area contributed by atoms with E-state index in [1.807, 2.05) is 37.4 Å². The minimum Gasteiger partial charge on any atom is -0.354 e. The van der Waals surface area contributed by atoms with Gasteiger partial charge in [-0.25, -0.2) is 17.5 Å². The molecule has 0 spiro atoms. The number of hydrogen-bond donors (Lipinski definition) is 1. The fourth-order valence-corrected chi connectivity index (χ4v) is 6.06. The van der Waals surface area contributed by atoms with E-state index in [1.165, 1.54) is 18.2 Å². The molecule has 4 aromatic rings. The third-order valence-corrected chi connectivity index (χ3v) is 7.95. The van der Waals surface area contributed by atoms with Gasteiger partial charge in [-0.15, -0.1) is 10.2 Å². The lowest BCUT2D eigenvalue weighted by molar-refractivity contribution is 0.458. The number of aryl methyl sites for hydroxylation is 2. The number of fused-ring (bicyclic) bond motifs is 1. The van der Waals surface area contributed by atoms with Gasteiger partial charge < -0.3 is 4.90 Å². The highest BCUT2D eigenvalue weighted by Gasteiger charge is 2.27. The maximum Gasteiger partial charge on any atom is 0.241 e. The normalized spacial score (nSPS) is 15.2. The number of rotatable bonds is 5. The first-order chi connectivity index (χ1) is 16.3. The summed E-state index contributed by atoms with van der Waals surface area (Å²) in [6.07, 6.45) is 2.98. The lowest BCUT2D eigenvalue weighted by atomic mass is 10.0. The van der Waals surface area contributed by atoms with E-state index >= 15 is 0 Å². The van der Waals surface area contributed by atoms with Crippen LogP contribution in [0.25, 0.3) is 22.2 Å². The molecule has 2 aromatic carbocycles. The van der Waals surface area contributed by atoms with E-state index in [1.54, 1.807) is 17.8 Å². The van der Waals surface area contributed by atoms with Crippen LogP contribution in [-0.4, -0.2) is 47.5 Å². The third-order valence-electron chi connectivity index (χ3n) is 6.27. The van der Waals surface area contributed by atoms with Gasteiger partial charge in [0, 0.05) is 43.1 Å². The molecule has 176 valence electrons. The zero-order valence-electron chi connectivity index (χ0n) is 18.9. The highest BCUT2D eigenvalue weighted by Crippen LogP contribution is 2.32. The summed E-state index contributed by atoms with van der Waals surface area (Å²) < 4.78 is 43.7. The molecule has 0 saturated carbocycles. The molecule has 34 heavy (non-hydrogen) atoms. The molecule has 8 nitrogen and oxygen atoms in total. The number of halogens is 1. The fraction of sp³-hybridized carbons (Fsp3) is 0.292. The average molecular weight is 481 g/mol. The van der Waals surface area contributed by atoms with Gasteiger partial charge in [0.15, 0.2) is 5.82 Å². The summed E-state index contributed by atoms with van der Waals surface area (Å²) >= 11 is 0. The van der Waals surface area contributed by atoms with Gasteiger partial charge in [0.2, 0.25) is 10.0 Å². The van der Waals surface area contributed by atoms with E-state index in [2.05, 4.69) is 24.9 Å². The molecule has 10 heteroatoms. The number of anilines is 1. The van der Waals surface area contributed by atoms with Crippen LogP contribution >= 0.6 is 0 Å². The van der Waals surface area contributed by atoms with Crippen molar-refractivity contribution >= 4 is 26.6 Å². The molecule has 1 saturated heterocycles. The Morgan fingerprint density at radius 3 is 2.44 bits per heavy atom. The number of nitrogens with one attached hydrogen (secondary N) is 1. The standard InChI is InChI=1S/C24H25FN6O2S/c1-16-15-17(25)7-8-22(16)34(32,33)29-18-10-13-31(14-11-18)24-20-6-4-3-5-19(20)23(27-28-24)21-9-12-26-30(21)2/h3-9,12,15,18,29H,10-11,13-14H2,1-2H3. The van der Waals surface area contributed by atoms with Gasteiger partial charge in [-0.3, -0.25) is 4.68 Å². The Morgan fingerprint density at radius 1 is 1.03 bits per heavy atom. The van der Waals surface area contributed by atoms with Crippen molar-refractivity contribution in [3.05, 3.63) is 66.1 Å².